The topological polar surface area (TPSA) is 74.2 Å². The first kappa shape index (κ1) is 16.0. The maximum Gasteiger partial charge on any atom is 0.416 e. The minimum absolute atomic E-state index is 0.0163. The van der Waals surface area contributed by atoms with E-state index in [0.29, 0.717) is 0 Å². The second kappa shape index (κ2) is 7.52. The molecule has 1 atom stereocenters. The third-order valence-corrected chi connectivity index (χ3v) is 2.76. The molecule has 7 heteroatoms. The highest BCUT2D eigenvalue weighted by molar-refractivity contribution is 5.99. The van der Waals surface area contributed by atoms with Gasteiger partial charge in [0.25, 0.3) is 0 Å². The standard InChI is InChI=1S/C13H22N4O3/c1-5-20-13(19)17(4)12(16(2)3)15-11(18)14-10-8-6-7-9-10/h6,8,10H,5,7,9H2,1-4H3,(H,14,18)/b15-12+. The van der Waals surface area contributed by atoms with Gasteiger partial charge in [-0.15, -0.1) is 0 Å². The number of allylic oxidation sites excluding steroid dienone is 1. The van der Waals surface area contributed by atoms with Crippen LogP contribution >= 0.6 is 0 Å². The van der Waals surface area contributed by atoms with E-state index in [-0.39, 0.29) is 18.6 Å². The predicted molar refractivity (Wildman–Crippen MR) is 76.6 cm³/mol. The van der Waals surface area contributed by atoms with Crippen LogP contribution in [0.15, 0.2) is 17.1 Å². The molecule has 0 aromatic rings. The Balaban J connectivity index is 2.72. The molecule has 0 aromatic carbocycles. The molecule has 1 aliphatic carbocycles. The molecule has 0 fully saturated rings. The summed E-state index contributed by atoms with van der Waals surface area (Å²) < 4.78 is 4.89. The van der Waals surface area contributed by atoms with Crippen LogP contribution in [0.25, 0.3) is 0 Å². The molecular formula is C13H22N4O3. The van der Waals surface area contributed by atoms with Gasteiger partial charge < -0.3 is 15.0 Å². The Bertz CT molecular complexity index is 418. The third-order valence-electron chi connectivity index (χ3n) is 2.76. The molecular weight excluding hydrogens is 260 g/mol. The van der Waals surface area contributed by atoms with Crippen molar-refractivity contribution in [3.63, 3.8) is 0 Å². The van der Waals surface area contributed by atoms with E-state index in [1.807, 2.05) is 12.2 Å². The third kappa shape index (κ3) is 4.56. The molecule has 0 radical (unpaired) electrons. The van der Waals surface area contributed by atoms with E-state index in [4.69, 9.17) is 4.74 Å². The highest BCUT2D eigenvalue weighted by Crippen LogP contribution is 2.09. The highest BCUT2D eigenvalue weighted by Gasteiger charge is 2.20. The predicted octanol–water partition coefficient (Wildman–Crippen LogP) is 1.42. The molecule has 0 bridgehead atoms. The van der Waals surface area contributed by atoms with Gasteiger partial charge in [0.1, 0.15) is 0 Å². The van der Waals surface area contributed by atoms with Gasteiger partial charge in [-0.2, -0.15) is 4.99 Å². The lowest BCUT2D eigenvalue weighted by molar-refractivity contribution is 0.131. The normalized spacial score (nSPS) is 17.8. The molecule has 0 saturated carbocycles. The Morgan fingerprint density at radius 1 is 1.40 bits per heavy atom. The minimum Gasteiger partial charge on any atom is -0.449 e. The zero-order chi connectivity index (χ0) is 15.1. The van der Waals surface area contributed by atoms with Crippen LogP contribution < -0.4 is 5.32 Å². The Hall–Kier alpha value is -2.05. The largest absolute Gasteiger partial charge is 0.449 e. The Morgan fingerprint density at radius 3 is 2.60 bits per heavy atom. The summed E-state index contributed by atoms with van der Waals surface area (Å²) in [5, 5.41) is 2.77. The van der Waals surface area contributed by atoms with E-state index in [2.05, 4.69) is 10.3 Å². The number of carbonyl (C=O) groups is 2. The van der Waals surface area contributed by atoms with Crippen LogP contribution in [0.2, 0.25) is 0 Å². The van der Waals surface area contributed by atoms with E-state index >= 15 is 0 Å². The number of ether oxygens (including phenoxy) is 1. The van der Waals surface area contributed by atoms with Crippen LogP contribution in [-0.4, -0.2) is 61.7 Å². The summed E-state index contributed by atoms with van der Waals surface area (Å²) in [6, 6.07) is -0.455. The van der Waals surface area contributed by atoms with Gasteiger partial charge in [0, 0.05) is 27.2 Å². The van der Waals surface area contributed by atoms with Crippen molar-refractivity contribution in [2.75, 3.05) is 27.7 Å². The molecule has 1 rings (SSSR count). The number of hydrogen-bond acceptors (Lipinski definition) is 3. The number of aliphatic imine (C=N–C) groups is 1. The number of nitrogens with zero attached hydrogens (tertiary/aromatic N) is 3. The molecule has 20 heavy (non-hydrogen) atoms. The fourth-order valence-electron chi connectivity index (χ4n) is 1.81. The van der Waals surface area contributed by atoms with Crippen molar-refractivity contribution < 1.29 is 14.3 Å². The average Bonchev–Trinajstić information content (AvgIpc) is 2.87. The van der Waals surface area contributed by atoms with Gasteiger partial charge in [0.15, 0.2) is 0 Å². The number of hydrogen-bond donors (Lipinski definition) is 1. The quantitative estimate of drug-likeness (QED) is 0.472. The summed E-state index contributed by atoms with van der Waals surface area (Å²) in [4.78, 5) is 30.2. The Morgan fingerprint density at radius 2 is 2.10 bits per heavy atom. The SMILES string of the molecule is CCOC(=O)N(C)/C(=N/C(=O)NC1C=CCC1)N(C)C. The number of rotatable bonds is 2. The minimum atomic E-state index is -0.548. The van der Waals surface area contributed by atoms with Crippen molar-refractivity contribution in [2.24, 2.45) is 4.99 Å². The van der Waals surface area contributed by atoms with Crippen molar-refractivity contribution in [3.8, 4) is 0 Å². The first-order chi connectivity index (χ1) is 9.45. The van der Waals surface area contributed by atoms with Gasteiger partial charge in [0.05, 0.1) is 6.61 Å². The Kier molecular flexibility index (Phi) is 6.02. The van der Waals surface area contributed by atoms with E-state index in [0.717, 1.165) is 12.8 Å². The average molecular weight is 282 g/mol. The fraction of sp³-hybridized carbons (Fsp3) is 0.615. The summed E-state index contributed by atoms with van der Waals surface area (Å²) in [7, 11) is 4.92. The molecule has 7 nitrogen and oxygen atoms in total. The van der Waals surface area contributed by atoms with Gasteiger partial charge in [0.2, 0.25) is 5.96 Å². The van der Waals surface area contributed by atoms with E-state index < -0.39 is 12.1 Å². The lowest BCUT2D eigenvalue weighted by atomic mass is 10.3. The van der Waals surface area contributed by atoms with Crippen molar-refractivity contribution in [1.29, 1.82) is 0 Å². The molecule has 0 heterocycles. The summed E-state index contributed by atoms with van der Waals surface area (Å²) in [6.45, 7) is 1.99. The molecule has 0 aliphatic heterocycles. The number of guanidine groups is 1. The molecule has 0 spiro atoms. The first-order valence-electron chi connectivity index (χ1n) is 6.59. The van der Waals surface area contributed by atoms with Gasteiger partial charge in [-0.25, -0.2) is 9.59 Å². The monoisotopic (exact) mass is 282 g/mol. The summed E-state index contributed by atoms with van der Waals surface area (Å²) in [6.07, 6.45) is 5.25. The van der Waals surface area contributed by atoms with Gasteiger partial charge in [-0.05, 0) is 19.8 Å². The smallest absolute Gasteiger partial charge is 0.416 e. The van der Waals surface area contributed by atoms with Crippen LogP contribution in [0.3, 0.4) is 0 Å². The van der Waals surface area contributed by atoms with E-state index in [1.165, 1.54) is 11.9 Å². The second-order valence-corrected chi connectivity index (χ2v) is 4.63. The zero-order valence-corrected chi connectivity index (χ0v) is 12.4. The molecule has 1 unspecified atom stereocenters. The van der Waals surface area contributed by atoms with Gasteiger partial charge in [-0.3, -0.25) is 4.90 Å². The van der Waals surface area contributed by atoms with E-state index in [9.17, 15) is 9.59 Å². The van der Waals surface area contributed by atoms with Crippen LogP contribution in [0.4, 0.5) is 9.59 Å². The maximum atomic E-state index is 11.9. The molecule has 112 valence electrons. The van der Waals surface area contributed by atoms with Crippen molar-refractivity contribution in [1.82, 2.24) is 15.1 Å². The summed E-state index contributed by atoms with van der Waals surface area (Å²) >= 11 is 0. The lowest BCUT2D eigenvalue weighted by Gasteiger charge is -2.24. The summed E-state index contributed by atoms with van der Waals surface area (Å²) in [5.41, 5.74) is 0. The maximum absolute atomic E-state index is 11.9. The fourth-order valence-corrected chi connectivity index (χ4v) is 1.81. The molecule has 1 aliphatic rings. The Labute approximate surface area is 119 Å². The molecule has 0 saturated heterocycles. The number of nitrogens with one attached hydrogen (secondary N) is 1. The molecule has 0 aromatic heterocycles. The van der Waals surface area contributed by atoms with E-state index in [1.54, 1.807) is 25.9 Å². The summed E-state index contributed by atoms with van der Waals surface area (Å²) in [5.74, 6) is 0.225. The van der Waals surface area contributed by atoms with Crippen molar-refractivity contribution in [3.05, 3.63) is 12.2 Å². The highest BCUT2D eigenvalue weighted by atomic mass is 16.6. The van der Waals surface area contributed by atoms with Crippen molar-refractivity contribution >= 4 is 18.1 Å². The first-order valence-corrected chi connectivity index (χ1v) is 6.59. The zero-order valence-electron chi connectivity index (χ0n) is 12.4. The number of carbonyl (C=O) groups excluding carboxylic acids is 2. The molecule has 1 N–H and O–H groups in total. The number of urea groups is 1. The van der Waals surface area contributed by atoms with Gasteiger partial charge in [-0.1, -0.05) is 12.2 Å². The van der Waals surface area contributed by atoms with Crippen LogP contribution in [0.1, 0.15) is 19.8 Å². The van der Waals surface area contributed by atoms with Crippen molar-refractivity contribution in [2.45, 2.75) is 25.8 Å². The van der Waals surface area contributed by atoms with Crippen LogP contribution in [0.5, 0.6) is 0 Å². The molecule has 3 amide bonds. The second-order valence-electron chi connectivity index (χ2n) is 4.63. The van der Waals surface area contributed by atoms with Crippen LogP contribution in [0, 0.1) is 0 Å². The van der Waals surface area contributed by atoms with Gasteiger partial charge >= 0.3 is 12.1 Å². The lowest BCUT2D eigenvalue weighted by Crippen LogP contribution is -2.43. The van der Waals surface area contributed by atoms with Crippen LogP contribution in [-0.2, 0) is 4.74 Å². The number of amides is 3.